The van der Waals surface area contributed by atoms with E-state index < -0.39 is 144 Å². The maximum absolute atomic E-state index is 12.8. The summed E-state index contributed by atoms with van der Waals surface area (Å²) in [6.07, 6.45) is -19.0. The van der Waals surface area contributed by atoms with Crippen LogP contribution >= 0.6 is 7.82 Å². The van der Waals surface area contributed by atoms with Gasteiger partial charge in [0.2, 0.25) is 11.8 Å². The number of aliphatic hydroxyl groups excluding tert-OH is 6. The Morgan fingerprint density at radius 1 is 0.833 bits per heavy atom. The van der Waals surface area contributed by atoms with Crippen LogP contribution in [0.25, 0.3) is 0 Å². The maximum atomic E-state index is 12.8. The smallest absolute Gasteiger partial charge is 0.462 e. The summed E-state index contributed by atoms with van der Waals surface area (Å²) in [4.78, 5) is 67.4. The molecule has 2 aliphatic rings. The van der Waals surface area contributed by atoms with Crippen molar-refractivity contribution < 1.29 is 92.4 Å². The van der Waals surface area contributed by atoms with Gasteiger partial charge in [-0.25, -0.2) is 4.57 Å². The molecule has 0 aromatic carbocycles. The van der Waals surface area contributed by atoms with Crippen molar-refractivity contribution in [2.45, 2.75) is 127 Å². The summed E-state index contributed by atoms with van der Waals surface area (Å²) in [5.41, 5.74) is 0. The van der Waals surface area contributed by atoms with Crippen LogP contribution in [-0.2, 0) is 52.0 Å². The zero-order valence-corrected chi connectivity index (χ0v) is 27.5. The predicted molar refractivity (Wildman–Crippen MR) is 154 cm³/mol. The number of hydrogen-bond donors (Lipinski definition) is 10. The van der Waals surface area contributed by atoms with Gasteiger partial charge in [0, 0.05) is 6.92 Å². The third-order valence-corrected chi connectivity index (χ3v) is 7.45. The largest absolute Gasteiger partial charge is 0.470 e. The fourth-order valence-corrected chi connectivity index (χ4v) is 5.57. The molecule has 2 heterocycles. The standard InChI is InChI=1S/C26H45N2O19P/c1-10(30)5-16(33)28-20-24(46-18(35)6-11(2)31)21(36)15(44-25(20)38)9-42-26-19(27-17(34)7-12(3)43-13(4)32)22(37)23(14(8-29)45-26)47-48(39,40)41/h10-12,14-15,19-26,29-31,36-38H,5-9H2,1-4H3,(H,27,34)(H,28,33)(H2,39,40,41)/t10-,11-,12-,14?,15?,19?,20?,21-,22-,23-,24-,25+,26-/m1/s1. The molecule has 0 aromatic rings. The molecule has 22 heteroatoms. The van der Waals surface area contributed by atoms with Crippen molar-refractivity contribution >= 4 is 31.6 Å². The number of phosphoric ester groups is 1. The van der Waals surface area contributed by atoms with Gasteiger partial charge in [-0.3, -0.25) is 23.7 Å². The van der Waals surface area contributed by atoms with E-state index in [0.717, 1.165) is 6.92 Å². The van der Waals surface area contributed by atoms with E-state index in [9.17, 15) is 64.2 Å². The monoisotopic (exact) mass is 720 g/mol. The molecular weight excluding hydrogens is 675 g/mol. The van der Waals surface area contributed by atoms with Crippen LogP contribution < -0.4 is 10.6 Å². The predicted octanol–water partition coefficient (Wildman–Crippen LogP) is -4.60. The van der Waals surface area contributed by atoms with Crippen molar-refractivity contribution in [3.05, 3.63) is 0 Å². The third-order valence-electron chi connectivity index (χ3n) is 6.94. The maximum Gasteiger partial charge on any atom is 0.470 e. The van der Waals surface area contributed by atoms with Gasteiger partial charge in [0.1, 0.15) is 48.7 Å². The Morgan fingerprint density at radius 2 is 1.42 bits per heavy atom. The van der Waals surface area contributed by atoms with Crippen molar-refractivity contribution in [3.8, 4) is 0 Å². The van der Waals surface area contributed by atoms with E-state index in [1.165, 1.54) is 20.8 Å². The highest BCUT2D eigenvalue weighted by Crippen LogP contribution is 2.41. The summed E-state index contributed by atoms with van der Waals surface area (Å²) in [5.74, 6) is -3.37. The Morgan fingerprint density at radius 3 is 1.96 bits per heavy atom. The number of esters is 2. The molecule has 2 saturated heterocycles. The van der Waals surface area contributed by atoms with Crippen molar-refractivity contribution in [2.24, 2.45) is 0 Å². The van der Waals surface area contributed by atoms with Crippen LogP contribution in [0.5, 0.6) is 0 Å². The molecule has 2 fully saturated rings. The summed E-state index contributed by atoms with van der Waals surface area (Å²) in [5, 5.41) is 66.4. The Balaban J connectivity index is 2.32. The Hall–Kier alpha value is -2.37. The lowest BCUT2D eigenvalue weighted by molar-refractivity contribution is -0.297. The number of hydrogen-bond acceptors (Lipinski definition) is 17. The second-order valence-corrected chi connectivity index (χ2v) is 12.7. The Kier molecular flexibility index (Phi) is 16.2. The molecule has 0 aliphatic carbocycles. The fourth-order valence-electron chi connectivity index (χ4n) is 4.99. The summed E-state index contributed by atoms with van der Waals surface area (Å²) in [6, 6.07) is -3.25. The van der Waals surface area contributed by atoms with Gasteiger partial charge in [-0.15, -0.1) is 0 Å². The first-order valence-corrected chi connectivity index (χ1v) is 16.4. The van der Waals surface area contributed by atoms with Gasteiger partial charge in [0.05, 0.1) is 44.7 Å². The topological polar surface area (TPSA) is 327 Å². The lowest BCUT2D eigenvalue weighted by Gasteiger charge is -2.45. The zero-order valence-electron chi connectivity index (χ0n) is 26.6. The molecule has 2 amide bonds. The van der Waals surface area contributed by atoms with E-state index in [4.69, 9.17) is 23.7 Å². The molecule has 4 unspecified atom stereocenters. The molecule has 48 heavy (non-hydrogen) atoms. The van der Waals surface area contributed by atoms with Gasteiger partial charge in [0.15, 0.2) is 18.7 Å². The minimum atomic E-state index is -5.29. The van der Waals surface area contributed by atoms with E-state index in [1.807, 2.05) is 0 Å². The molecular formula is C26H45N2O19P. The molecule has 0 bridgehead atoms. The molecule has 13 atom stereocenters. The van der Waals surface area contributed by atoms with Crippen molar-refractivity contribution in [1.29, 1.82) is 0 Å². The highest BCUT2D eigenvalue weighted by Gasteiger charge is 2.51. The van der Waals surface area contributed by atoms with Gasteiger partial charge >= 0.3 is 19.8 Å². The molecule has 2 aliphatic heterocycles. The Bertz CT molecular complexity index is 1140. The number of carbonyl (C=O) groups is 4. The van der Waals surface area contributed by atoms with Gasteiger partial charge in [-0.05, 0) is 20.8 Å². The van der Waals surface area contributed by atoms with Gasteiger partial charge < -0.3 is 74.7 Å². The number of carbonyl (C=O) groups excluding carboxylic acids is 4. The van der Waals surface area contributed by atoms with E-state index in [1.54, 1.807) is 0 Å². The lowest BCUT2D eigenvalue weighted by Crippen LogP contribution is -2.67. The third kappa shape index (κ3) is 13.2. The fraction of sp³-hybridized carbons (Fsp3) is 0.846. The average Bonchev–Trinajstić information content (AvgIpc) is 2.92. The summed E-state index contributed by atoms with van der Waals surface area (Å²) in [7, 11) is -5.29. The molecule has 0 radical (unpaired) electrons. The number of rotatable bonds is 16. The molecule has 10 N–H and O–H groups in total. The molecule has 278 valence electrons. The molecule has 0 aromatic heterocycles. The van der Waals surface area contributed by atoms with Crippen LogP contribution in [-0.4, -0.2) is 157 Å². The average molecular weight is 721 g/mol. The number of aliphatic hydroxyl groups is 6. The van der Waals surface area contributed by atoms with Crippen molar-refractivity contribution in [1.82, 2.24) is 10.6 Å². The molecule has 0 spiro atoms. The second kappa shape index (κ2) is 18.6. The van der Waals surface area contributed by atoms with Crippen molar-refractivity contribution in [2.75, 3.05) is 13.2 Å². The number of nitrogens with one attached hydrogen (secondary N) is 2. The highest BCUT2D eigenvalue weighted by atomic mass is 31.2. The number of amides is 2. The zero-order chi connectivity index (χ0) is 36.5. The minimum absolute atomic E-state index is 0.424. The first-order valence-electron chi connectivity index (χ1n) is 14.8. The summed E-state index contributed by atoms with van der Waals surface area (Å²) in [6.45, 7) is 3.38. The summed E-state index contributed by atoms with van der Waals surface area (Å²) < 4.78 is 43.0. The first-order chi connectivity index (χ1) is 22.2. The van der Waals surface area contributed by atoms with Crippen LogP contribution in [0.1, 0.15) is 47.0 Å². The van der Waals surface area contributed by atoms with Crippen LogP contribution in [0, 0.1) is 0 Å². The lowest BCUT2D eigenvalue weighted by atomic mass is 9.95. The highest BCUT2D eigenvalue weighted by molar-refractivity contribution is 7.46. The summed E-state index contributed by atoms with van der Waals surface area (Å²) >= 11 is 0. The van der Waals surface area contributed by atoms with Crippen LogP contribution in [0.3, 0.4) is 0 Å². The minimum Gasteiger partial charge on any atom is -0.462 e. The quantitative estimate of drug-likeness (QED) is 0.0530. The van der Waals surface area contributed by atoms with Crippen LogP contribution in [0.15, 0.2) is 0 Å². The number of phosphoric acid groups is 1. The molecule has 0 saturated carbocycles. The molecule has 2 rings (SSSR count). The first kappa shape index (κ1) is 41.8. The normalized spacial score (nSPS) is 32.8. The second-order valence-electron chi connectivity index (χ2n) is 11.5. The SMILES string of the molecule is CC(=O)O[C@H](C)CC(=O)NC1[C@H](OCC2O[C@H](O)C(NC(=O)C[C@@H](C)O)[C@@H](OC(=O)C[C@@H](C)O)[C@@H]2O)OC(CO)[C@@H](OP(=O)(O)O)[C@@H]1O. The Labute approximate surface area is 274 Å². The van der Waals surface area contributed by atoms with Crippen LogP contribution in [0.4, 0.5) is 0 Å². The van der Waals surface area contributed by atoms with Gasteiger partial charge in [-0.2, -0.15) is 0 Å². The van der Waals surface area contributed by atoms with E-state index >= 15 is 0 Å². The van der Waals surface area contributed by atoms with E-state index in [0.29, 0.717) is 0 Å². The van der Waals surface area contributed by atoms with E-state index in [-0.39, 0.29) is 0 Å². The van der Waals surface area contributed by atoms with E-state index in [2.05, 4.69) is 15.2 Å². The van der Waals surface area contributed by atoms with Crippen molar-refractivity contribution in [3.63, 3.8) is 0 Å². The molecule has 21 nitrogen and oxygen atoms in total. The van der Waals surface area contributed by atoms with Crippen LogP contribution in [0.2, 0.25) is 0 Å². The number of ether oxygens (including phenoxy) is 5. The van der Waals surface area contributed by atoms with Gasteiger partial charge in [0.25, 0.3) is 0 Å². The van der Waals surface area contributed by atoms with Gasteiger partial charge in [-0.1, -0.05) is 0 Å².